The highest BCUT2D eigenvalue weighted by atomic mass is 32.2. The molecule has 6 aromatic rings. The number of pyridine rings is 1. The highest BCUT2D eigenvalue weighted by molar-refractivity contribution is 7.92. The van der Waals surface area contributed by atoms with Crippen LogP contribution in [-0.2, 0) is 31.0 Å². The molecule has 4 amide bonds. The van der Waals surface area contributed by atoms with Crippen LogP contribution >= 0.6 is 11.3 Å². The quantitative estimate of drug-likeness (QED) is 0.0515. The maximum atomic E-state index is 15.7. The number of hydrogen-bond donors (Lipinski definition) is 6. The molecular weight excluding hydrogens is 915 g/mol. The van der Waals surface area contributed by atoms with Gasteiger partial charge in [0, 0.05) is 66.9 Å². The van der Waals surface area contributed by atoms with E-state index in [1.807, 2.05) is 31.2 Å². The van der Waals surface area contributed by atoms with E-state index in [0.717, 1.165) is 33.8 Å². The molecule has 1 fully saturated rings. The number of fused-ring (bicyclic) bond motifs is 1. The summed E-state index contributed by atoms with van der Waals surface area (Å²) in [6.45, 7) is 9.36. The first-order chi connectivity index (χ1) is 32.3. The van der Waals surface area contributed by atoms with Crippen LogP contribution in [0.5, 0.6) is 0 Å². The molecule has 68 heavy (non-hydrogen) atoms. The largest absolute Gasteiger partial charge is 0.391 e. The van der Waals surface area contributed by atoms with Gasteiger partial charge in [-0.3, -0.25) is 23.9 Å². The monoisotopic (exact) mass is 968 g/mol. The highest BCUT2D eigenvalue weighted by Gasteiger charge is 2.44. The molecular formula is C49H54F2N8O7S2. The number of amides is 4. The van der Waals surface area contributed by atoms with Crippen LogP contribution in [0.2, 0.25) is 0 Å². The number of aliphatic hydroxyl groups excluding tert-OH is 1. The van der Waals surface area contributed by atoms with Crippen molar-refractivity contribution in [2.45, 2.75) is 85.0 Å². The number of anilines is 1. The number of halogens is 2. The van der Waals surface area contributed by atoms with Gasteiger partial charge in [0.1, 0.15) is 23.5 Å². The maximum absolute atomic E-state index is 15.7. The average molecular weight is 969 g/mol. The molecule has 1 saturated heterocycles. The molecule has 3 aromatic heterocycles. The Bertz CT molecular complexity index is 2930. The summed E-state index contributed by atoms with van der Waals surface area (Å²) in [6.07, 6.45) is 2.69. The van der Waals surface area contributed by atoms with Crippen molar-refractivity contribution < 1.29 is 41.5 Å². The summed E-state index contributed by atoms with van der Waals surface area (Å²) < 4.78 is 57.8. The number of hydrogen-bond acceptors (Lipinski definition) is 10. The lowest BCUT2D eigenvalue weighted by atomic mass is 9.85. The van der Waals surface area contributed by atoms with Crippen LogP contribution in [0.15, 0.2) is 84.6 Å². The summed E-state index contributed by atoms with van der Waals surface area (Å²) in [5.74, 6) is -3.87. The number of likely N-dealkylation sites (tertiary alicyclic amines) is 1. The lowest BCUT2D eigenvalue weighted by molar-refractivity contribution is -0.144. The number of aromatic amines is 1. The molecule has 0 spiro atoms. The third kappa shape index (κ3) is 11.4. The van der Waals surface area contributed by atoms with E-state index in [-0.39, 0.29) is 61.8 Å². The van der Waals surface area contributed by atoms with Crippen molar-refractivity contribution in [2.75, 3.05) is 23.6 Å². The number of aliphatic hydroxyl groups is 1. The Kier molecular flexibility index (Phi) is 15.1. The summed E-state index contributed by atoms with van der Waals surface area (Å²) in [4.78, 5) is 67.9. The van der Waals surface area contributed by atoms with Crippen LogP contribution in [0.25, 0.3) is 43.7 Å². The zero-order chi connectivity index (χ0) is 48.9. The molecule has 358 valence electrons. The second-order valence-corrected chi connectivity index (χ2v) is 20.6. The van der Waals surface area contributed by atoms with Gasteiger partial charge in [0.25, 0.3) is 5.91 Å². The fourth-order valence-corrected chi connectivity index (χ4v) is 10.1. The van der Waals surface area contributed by atoms with Gasteiger partial charge in [-0.25, -0.2) is 27.2 Å². The molecule has 6 N–H and O–H groups in total. The molecule has 0 bridgehead atoms. The van der Waals surface area contributed by atoms with Crippen molar-refractivity contribution in [1.82, 2.24) is 35.8 Å². The van der Waals surface area contributed by atoms with E-state index >= 15 is 8.78 Å². The minimum atomic E-state index is -3.85. The number of β-amino-alcohol motifs (C(OH)–C–C–N with tert-alkyl or cyclic N) is 1. The van der Waals surface area contributed by atoms with Gasteiger partial charge >= 0.3 is 0 Å². The van der Waals surface area contributed by atoms with Gasteiger partial charge in [-0.05, 0) is 72.2 Å². The minimum Gasteiger partial charge on any atom is -0.391 e. The molecule has 0 unspecified atom stereocenters. The Labute approximate surface area is 397 Å². The smallest absolute Gasteiger partial charge is 0.251 e. The zero-order valence-electron chi connectivity index (χ0n) is 38.3. The number of aromatic nitrogens is 3. The maximum Gasteiger partial charge on any atom is 0.251 e. The Balaban J connectivity index is 0.918. The Morgan fingerprint density at radius 3 is 2.37 bits per heavy atom. The molecule has 0 aliphatic carbocycles. The van der Waals surface area contributed by atoms with Gasteiger partial charge in [-0.15, -0.1) is 11.3 Å². The van der Waals surface area contributed by atoms with Crippen molar-refractivity contribution in [1.29, 1.82) is 0 Å². The Morgan fingerprint density at radius 2 is 1.69 bits per heavy atom. The summed E-state index contributed by atoms with van der Waals surface area (Å²) in [6, 6.07) is 16.2. The molecule has 0 saturated carbocycles. The number of nitrogens with one attached hydrogen (secondary N) is 5. The van der Waals surface area contributed by atoms with Crippen molar-refractivity contribution in [2.24, 2.45) is 5.41 Å². The van der Waals surface area contributed by atoms with Crippen LogP contribution < -0.4 is 20.7 Å². The molecule has 4 heterocycles. The third-order valence-electron chi connectivity index (χ3n) is 11.7. The predicted octanol–water partition coefficient (Wildman–Crippen LogP) is 7.08. The first-order valence-corrected chi connectivity index (χ1v) is 24.8. The van der Waals surface area contributed by atoms with Crippen molar-refractivity contribution in [3.8, 4) is 32.7 Å². The van der Waals surface area contributed by atoms with Crippen molar-refractivity contribution in [3.05, 3.63) is 113 Å². The molecule has 15 nitrogen and oxygen atoms in total. The van der Waals surface area contributed by atoms with Crippen molar-refractivity contribution >= 4 is 61.7 Å². The molecule has 19 heteroatoms. The molecule has 0 radical (unpaired) electrons. The lowest BCUT2D eigenvalue weighted by Crippen LogP contribution is -2.57. The second-order valence-electron chi connectivity index (χ2n) is 17.9. The Morgan fingerprint density at radius 1 is 0.971 bits per heavy atom. The Hall–Kier alpha value is -6.57. The fraction of sp³-hybridized carbons (Fsp3) is 0.347. The molecule has 3 atom stereocenters. The number of carbonyl (C=O) groups is 4. The molecule has 7 rings (SSSR count). The summed E-state index contributed by atoms with van der Waals surface area (Å²) in [5, 5.41) is 19.5. The summed E-state index contributed by atoms with van der Waals surface area (Å²) in [5.41, 5.74) is 5.16. The number of benzene rings is 3. The number of aryl methyl sites for hydroxylation is 1. The number of rotatable bonds is 17. The standard InChI is InChI=1S/C49H54F2N8O7S2/c1-6-20-68(65,66)58-38-18-17-37(50)41(42(38)51)36-25-54-45-35(36)21-33(24-53-45)30-13-15-32(16-14-30)46(62)52-19-7-8-40(61)57-44(49(3,4)5)48(64)59-26-34(60)22-39(59)47(63)55-23-29-9-11-31(12-10-29)43-28(2)56-27-67-43/h9-18,21,24-25,27,34,39,44,58,60H,6-8,19-20,22-23,26H2,1-5H3,(H,52,62)(H,53,54)(H,55,63)(H,57,61)/t34-,39+,44-/m1/s1. The molecule has 3 aromatic carbocycles. The van der Waals surface area contributed by atoms with E-state index in [9.17, 15) is 32.7 Å². The summed E-state index contributed by atoms with van der Waals surface area (Å²) >= 11 is 1.55. The van der Waals surface area contributed by atoms with E-state index < -0.39 is 68.5 Å². The second kappa shape index (κ2) is 20.7. The van der Waals surface area contributed by atoms with Gasteiger partial charge in [-0.2, -0.15) is 0 Å². The van der Waals surface area contributed by atoms with Crippen LogP contribution in [-0.4, -0.2) is 94.0 Å². The minimum absolute atomic E-state index is 0.00381. The van der Waals surface area contributed by atoms with Gasteiger partial charge in [-0.1, -0.05) is 64.1 Å². The first kappa shape index (κ1) is 49.3. The normalized spacial score (nSPS) is 15.6. The number of sulfonamides is 1. The van der Waals surface area contributed by atoms with Crippen LogP contribution in [0, 0.1) is 24.0 Å². The van der Waals surface area contributed by atoms with Crippen molar-refractivity contribution in [3.63, 3.8) is 0 Å². The number of carbonyl (C=O) groups excluding carboxylic acids is 4. The summed E-state index contributed by atoms with van der Waals surface area (Å²) in [7, 11) is -3.85. The number of H-pyrrole nitrogens is 1. The number of nitrogens with zero attached hydrogens (tertiary/aromatic N) is 3. The van der Waals surface area contributed by atoms with E-state index in [2.05, 4.69) is 35.6 Å². The average Bonchev–Trinajstić information content (AvgIpc) is 4.04. The SMILES string of the molecule is CCCS(=O)(=O)Nc1ccc(F)c(-c2c[nH]c3ncc(-c4ccc(C(=O)NCCCC(=O)N[C@H](C(=O)N5C[C@H](O)C[C@H]5C(=O)NCc5ccc(-c6scnc6C)cc5)C(C)(C)C)cc4)cc23)c1F. The first-order valence-electron chi connectivity index (χ1n) is 22.2. The lowest BCUT2D eigenvalue weighted by Gasteiger charge is -2.35. The predicted molar refractivity (Wildman–Crippen MR) is 258 cm³/mol. The van der Waals surface area contributed by atoms with E-state index in [1.165, 1.54) is 11.1 Å². The molecule has 1 aliphatic rings. The zero-order valence-corrected chi connectivity index (χ0v) is 39.9. The van der Waals surface area contributed by atoms with Crippen LogP contribution in [0.1, 0.15) is 75.0 Å². The highest BCUT2D eigenvalue weighted by Crippen LogP contribution is 2.37. The van der Waals surface area contributed by atoms with Gasteiger partial charge in [0.15, 0.2) is 5.82 Å². The van der Waals surface area contributed by atoms with E-state index in [1.54, 1.807) is 81.1 Å². The van der Waals surface area contributed by atoms with E-state index in [4.69, 9.17) is 0 Å². The topological polar surface area (TPSA) is 216 Å². The van der Waals surface area contributed by atoms with Crippen LogP contribution in [0.3, 0.4) is 0 Å². The fourth-order valence-electron chi connectivity index (χ4n) is 8.11. The van der Waals surface area contributed by atoms with Gasteiger partial charge in [0.2, 0.25) is 27.7 Å². The van der Waals surface area contributed by atoms with Gasteiger partial charge in [0.05, 0.1) is 39.2 Å². The molecule has 1 aliphatic heterocycles. The number of thiazole rings is 1. The van der Waals surface area contributed by atoms with Crippen LogP contribution in [0.4, 0.5) is 14.5 Å². The van der Waals surface area contributed by atoms with E-state index in [0.29, 0.717) is 34.1 Å². The van der Waals surface area contributed by atoms with Gasteiger partial charge < -0.3 is 30.9 Å². The third-order valence-corrected chi connectivity index (χ3v) is 14.1.